The van der Waals surface area contributed by atoms with Gasteiger partial charge in [0.15, 0.2) is 0 Å². The highest BCUT2D eigenvalue weighted by Crippen LogP contribution is 2.07. The normalized spacial score (nSPS) is 10.1. The van der Waals surface area contributed by atoms with Gasteiger partial charge in [-0.05, 0) is 57.4 Å². The summed E-state index contributed by atoms with van der Waals surface area (Å²) in [6, 6.07) is 13.1. The predicted octanol–water partition coefficient (Wildman–Crippen LogP) is 4.49. The maximum absolute atomic E-state index is 11.7. The van der Waals surface area contributed by atoms with Crippen molar-refractivity contribution in [2.24, 2.45) is 0 Å². The third-order valence-electron chi connectivity index (χ3n) is 4.16. The minimum Gasteiger partial charge on any atom is -0.432 e. The Morgan fingerprint density at radius 3 is 1.43 bits per heavy atom. The first kappa shape index (κ1) is 27.1. The van der Waals surface area contributed by atoms with Gasteiger partial charge < -0.3 is 9.47 Å². The van der Waals surface area contributed by atoms with Crippen LogP contribution in [0.4, 0.5) is 9.59 Å². The van der Waals surface area contributed by atoms with Gasteiger partial charge in [0.05, 0.1) is 34.4 Å². The number of ether oxygens (including phenoxy) is 2. The van der Waals surface area contributed by atoms with Crippen molar-refractivity contribution >= 4 is 24.2 Å². The second kappa shape index (κ2) is 14.9. The standard InChI is InChI=1S/C23H24O12/c1-16-8-6-10-18(14-16)20(24)30-34-32-22(26)28-12-4-3-5-13-29-23(27)33-35-31-21(25)19-11-7-9-17(2)15-19/h6-11,14-15H,3-5,12-13H2,1-2H3. The summed E-state index contributed by atoms with van der Waals surface area (Å²) in [5, 5.41) is 8.22. The van der Waals surface area contributed by atoms with E-state index in [1.54, 1.807) is 50.2 Å². The van der Waals surface area contributed by atoms with E-state index in [1.807, 2.05) is 0 Å². The largest absolute Gasteiger partial charge is 0.543 e. The van der Waals surface area contributed by atoms with Gasteiger partial charge in [-0.15, -0.1) is 0 Å². The molecule has 35 heavy (non-hydrogen) atoms. The molecule has 12 nitrogen and oxygen atoms in total. The van der Waals surface area contributed by atoms with Gasteiger partial charge in [0.25, 0.3) is 0 Å². The summed E-state index contributed by atoms with van der Waals surface area (Å²) in [6.07, 6.45) is -1.03. The zero-order valence-electron chi connectivity index (χ0n) is 19.1. The topological polar surface area (TPSA) is 142 Å². The molecule has 0 aliphatic carbocycles. The molecule has 0 aliphatic heterocycles. The van der Waals surface area contributed by atoms with E-state index in [2.05, 4.69) is 29.6 Å². The molecule has 188 valence electrons. The molecule has 0 spiro atoms. The Morgan fingerprint density at radius 2 is 1.03 bits per heavy atom. The van der Waals surface area contributed by atoms with Crippen LogP contribution in [-0.2, 0) is 39.1 Å². The molecule has 0 saturated heterocycles. The van der Waals surface area contributed by atoms with Crippen molar-refractivity contribution in [1.82, 2.24) is 0 Å². The summed E-state index contributed by atoms with van der Waals surface area (Å²) in [6.45, 7) is 3.56. The van der Waals surface area contributed by atoms with Gasteiger partial charge in [0, 0.05) is 0 Å². The van der Waals surface area contributed by atoms with Crippen LogP contribution in [-0.4, -0.2) is 37.5 Å². The Balaban J connectivity index is 1.43. The van der Waals surface area contributed by atoms with Crippen LogP contribution in [0.1, 0.15) is 51.1 Å². The lowest BCUT2D eigenvalue weighted by molar-refractivity contribution is -0.452. The quantitative estimate of drug-likeness (QED) is 0.178. The van der Waals surface area contributed by atoms with Crippen LogP contribution in [0.15, 0.2) is 48.5 Å². The van der Waals surface area contributed by atoms with Crippen molar-refractivity contribution in [2.45, 2.75) is 33.1 Å². The van der Waals surface area contributed by atoms with Crippen LogP contribution in [0.2, 0.25) is 0 Å². The number of hydrogen-bond acceptors (Lipinski definition) is 12. The van der Waals surface area contributed by atoms with Gasteiger partial charge in [-0.3, -0.25) is 9.78 Å². The monoisotopic (exact) mass is 492 g/mol. The first-order chi connectivity index (χ1) is 16.8. The Hall–Kier alpha value is -4.16. The van der Waals surface area contributed by atoms with Crippen LogP contribution < -0.4 is 0 Å². The molecule has 0 aromatic heterocycles. The molecule has 0 aliphatic rings. The van der Waals surface area contributed by atoms with Gasteiger partial charge in [-0.1, -0.05) is 35.4 Å². The van der Waals surface area contributed by atoms with Crippen molar-refractivity contribution in [1.29, 1.82) is 0 Å². The Morgan fingerprint density at radius 1 is 0.600 bits per heavy atom. The summed E-state index contributed by atoms with van der Waals surface area (Å²) >= 11 is 0. The van der Waals surface area contributed by atoms with Crippen LogP contribution in [0.25, 0.3) is 0 Å². The van der Waals surface area contributed by atoms with Gasteiger partial charge >= 0.3 is 24.2 Å². The van der Waals surface area contributed by atoms with Crippen molar-refractivity contribution < 1.29 is 58.3 Å². The highest BCUT2D eigenvalue weighted by atomic mass is 17.5. The third kappa shape index (κ3) is 11.0. The SMILES string of the molecule is Cc1cccc(C(=O)OOOC(=O)OCCCCCOC(=O)OOOC(=O)c2cccc(C)c2)c1. The van der Waals surface area contributed by atoms with Gasteiger partial charge in [0.2, 0.25) is 0 Å². The summed E-state index contributed by atoms with van der Waals surface area (Å²) in [5.41, 5.74) is 2.13. The molecule has 2 aromatic rings. The van der Waals surface area contributed by atoms with E-state index >= 15 is 0 Å². The molecule has 2 aromatic carbocycles. The number of carbonyl (C=O) groups is 4. The molecule has 0 unspecified atom stereocenters. The minimum atomic E-state index is -1.20. The molecule has 0 N–H and O–H groups in total. The second-order valence-electron chi connectivity index (χ2n) is 7.04. The summed E-state index contributed by atoms with van der Waals surface area (Å²) in [7, 11) is 0. The highest BCUT2D eigenvalue weighted by Gasteiger charge is 2.13. The van der Waals surface area contributed by atoms with Crippen LogP contribution in [0, 0.1) is 13.8 Å². The maximum atomic E-state index is 11.7. The summed E-state index contributed by atoms with van der Waals surface area (Å²) in [4.78, 5) is 63.1. The molecule has 0 radical (unpaired) electrons. The first-order valence-corrected chi connectivity index (χ1v) is 10.4. The third-order valence-corrected chi connectivity index (χ3v) is 4.16. The number of rotatable bonds is 12. The van der Waals surface area contributed by atoms with Crippen LogP contribution >= 0.6 is 0 Å². The number of aryl methyl sites for hydroxylation is 2. The van der Waals surface area contributed by atoms with Crippen molar-refractivity contribution in [2.75, 3.05) is 13.2 Å². The second-order valence-corrected chi connectivity index (χ2v) is 7.04. The molecular formula is C23H24O12. The lowest BCUT2D eigenvalue weighted by atomic mass is 10.1. The molecule has 0 bridgehead atoms. The Labute approximate surface area is 200 Å². The number of hydrogen-bond donors (Lipinski definition) is 0. The van der Waals surface area contributed by atoms with Crippen molar-refractivity contribution in [3.05, 3.63) is 70.8 Å². The average molecular weight is 492 g/mol. The van der Waals surface area contributed by atoms with E-state index in [0.29, 0.717) is 19.3 Å². The Bertz CT molecular complexity index is 924. The number of unbranched alkanes of at least 4 members (excludes halogenated alkanes) is 2. The maximum Gasteiger partial charge on any atom is 0.543 e. The van der Waals surface area contributed by atoms with Crippen LogP contribution in [0.3, 0.4) is 0 Å². The van der Waals surface area contributed by atoms with E-state index in [1.165, 1.54) is 12.1 Å². The lowest BCUT2D eigenvalue weighted by Gasteiger charge is -2.05. The lowest BCUT2D eigenvalue weighted by Crippen LogP contribution is -2.13. The van der Waals surface area contributed by atoms with E-state index in [0.717, 1.165) is 11.1 Å². The number of carbonyl (C=O) groups excluding carboxylic acids is 4. The van der Waals surface area contributed by atoms with E-state index in [-0.39, 0.29) is 24.3 Å². The van der Waals surface area contributed by atoms with E-state index in [9.17, 15) is 19.2 Å². The van der Waals surface area contributed by atoms with Crippen molar-refractivity contribution in [3.63, 3.8) is 0 Å². The molecule has 2 rings (SSSR count). The van der Waals surface area contributed by atoms with E-state index < -0.39 is 24.2 Å². The highest BCUT2D eigenvalue weighted by molar-refractivity contribution is 5.89. The van der Waals surface area contributed by atoms with Gasteiger partial charge in [-0.25, -0.2) is 29.0 Å². The van der Waals surface area contributed by atoms with Gasteiger partial charge in [-0.2, -0.15) is 0 Å². The Kier molecular flexibility index (Phi) is 11.5. The number of benzene rings is 2. The van der Waals surface area contributed by atoms with E-state index in [4.69, 9.17) is 9.47 Å². The summed E-state index contributed by atoms with van der Waals surface area (Å²) in [5.74, 6) is -1.68. The fourth-order valence-corrected chi connectivity index (χ4v) is 2.53. The molecule has 0 fully saturated rings. The molecular weight excluding hydrogens is 468 g/mol. The smallest absolute Gasteiger partial charge is 0.432 e. The molecule has 12 heteroatoms. The minimum absolute atomic E-state index is 0.0174. The van der Waals surface area contributed by atoms with Crippen molar-refractivity contribution in [3.8, 4) is 0 Å². The fraction of sp³-hybridized carbons (Fsp3) is 0.304. The molecule has 0 saturated carbocycles. The molecule has 0 amide bonds. The summed E-state index contributed by atoms with van der Waals surface area (Å²) < 4.78 is 9.43. The molecule has 0 atom stereocenters. The zero-order chi connectivity index (χ0) is 25.5. The molecule has 0 heterocycles. The first-order valence-electron chi connectivity index (χ1n) is 10.4. The van der Waals surface area contributed by atoms with Crippen LogP contribution in [0.5, 0.6) is 0 Å². The fourth-order valence-electron chi connectivity index (χ4n) is 2.53. The zero-order valence-corrected chi connectivity index (χ0v) is 19.1. The van der Waals surface area contributed by atoms with Gasteiger partial charge in [0.1, 0.15) is 0 Å². The predicted molar refractivity (Wildman–Crippen MR) is 114 cm³/mol. The average Bonchev–Trinajstić information content (AvgIpc) is 2.83.